The molecule has 0 saturated carbocycles. The van der Waals surface area contributed by atoms with Gasteiger partial charge in [-0.25, -0.2) is 4.79 Å². The number of Topliss-reactive ketones (excluding diaryl/α,β-unsaturated/α-hetero) is 1. The van der Waals surface area contributed by atoms with E-state index in [0.29, 0.717) is 11.1 Å². The number of aromatic amines is 1. The van der Waals surface area contributed by atoms with Crippen LogP contribution >= 0.6 is 0 Å². The molecule has 2 heterocycles. The van der Waals surface area contributed by atoms with Crippen molar-refractivity contribution in [2.24, 2.45) is 0 Å². The van der Waals surface area contributed by atoms with E-state index in [9.17, 15) is 9.59 Å². The van der Waals surface area contributed by atoms with E-state index < -0.39 is 5.97 Å². The molecule has 0 aliphatic carbocycles. The number of methoxy groups -OCH3 is 1. The molecule has 3 aromatic rings. The molecule has 0 saturated heterocycles. The van der Waals surface area contributed by atoms with Gasteiger partial charge in [0.25, 0.3) is 0 Å². The lowest BCUT2D eigenvalue weighted by Crippen LogP contribution is -2.01. The Kier molecular flexibility index (Phi) is 4.48. The summed E-state index contributed by atoms with van der Waals surface area (Å²) in [5.74, 6) is -0.403. The Bertz CT molecular complexity index is 926. The molecule has 0 atom stereocenters. The number of ketones is 1. The average Bonchev–Trinajstić information content (AvgIpc) is 2.99. The van der Waals surface area contributed by atoms with Crippen molar-refractivity contribution >= 4 is 11.8 Å². The Morgan fingerprint density at radius 2 is 1.56 bits per heavy atom. The number of H-pyrrole nitrogens is 1. The van der Waals surface area contributed by atoms with Crippen LogP contribution in [-0.2, 0) is 4.74 Å². The summed E-state index contributed by atoms with van der Waals surface area (Å²) in [5.41, 5.74) is 5.44. The lowest BCUT2D eigenvalue weighted by molar-refractivity contribution is 0.0600. The van der Waals surface area contributed by atoms with Crippen LogP contribution < -0.4 is 0 Å². The predicted molar refractivity (Wildman–Crippen MR) is 95.5 cm³/mol. The second-order valence-electron chi connectivity index (χ2n) is 5.74. The summed E-state index contributed by atoms with van der Waals surface area (Å²) >= 11 is 0. The van der Waals surface area contributed by atoms with Gasteiger partial charge in [0.15, 0.2) is 5.78 Å². The van der Waals surface area contributed by atoms with Crippen LogP contribution in [0.1, 0.15) is 33.2 Å². The van der Waals surface area contributed by atoms with E-state index in [1.807, 2.05) is 19.1 Å². The molecule has 3 rings (SSSR count). The largest absolute Gasteiger partial charge is 0.465 e. The van der Waals surface area contributed by atoms with Crippen molar-refractivity contribution in [2.75, 3.05) is 7.11 Å². The molecule has 25 heavy (non-hydrogen) atoms. The number of ether oxygens (including phenoxy) is 1. The van der Waals surface area contributed by atoms with Crippen LogP contribution in [0.3, 0.4) is 0 Å². The molecule has 0 bridgehead atoms. The van der Waals surface area contributed by atoms with Crippen LogP contribution in [0.15, 0.2) is 48.8 Å². The molecule has 0 unspecified atom stereocenters. The fourth-order valence-electron chi connectivity index (χ4n) is 2.95. The van der Waals surface area contributed by atoms with Crippen LogP contribution in [0.4, 0.5) is 0 Å². The molecular weight excluding hydrogens is 316 g/mol. The quantitative estimate of drug-likeness (QED) is 0.577. The number of benzene rings is 1. The molecule has 5 heteroatoms. The lowest BCUT2D eigenvalue weighted by Gasteiger charge is -2.04. The maximum absolute atomic E-state index is 12.2. The van der Waals surface area contributed by atoms with Crippen molar-refractivity contribution in [3.05, 3.63) is 65.5 Å². The van der Waals surface area contributed by atoms with Gasteiger partial charge in [0, 0.05) is 29.2 Å². The minimum Gasteiger partial charge on any atom is -0.465 e. The number of aromatic nitrogens is 2. The number of hydrogen-bond acceptors (Lipinski definition) is 4. The first-order valence-electron chi connectivity index (χ1n) is 7.85. The summed E-state index contributed by atoms with van der Waals surface area (Å²) in [6.45, 7) is 3.48. The number of pyridine rings is 1. The Morgan fingerprint density at radius 1 is 0.960 bits per heavy atom. The highest BCUT2D eigenvalue weighted by Crippen LogP contribution is 2.33. The first-order chi connectivity index (χ1) is 12.0. The zero-order valence-electron chi connectivity index (χ0n) is 14.3. The van der Waals surface area contributed by atoms with E-state index in [0.717, 1.165) is 28.1 Å². The Balaban J connectivity index is 2.13. The molecule has 0 aliphatic rings. The van der Waals surface area contributed by atoms with Crippen LogP contribution in [0, 0.1) is 6.92 Å². The summed E-state index contributed by atoms with van der Waals surface area (Å²) in [6, 6.07) is 10.8. The van der Waals surface area contributed by atoms with Gasteiger partial charge in [-0.15, -0.1) is 0 Å². The number of nitrogens with zero attached hydrogens (tertiary/aromatic N) is 1. The van der Waals surface area contributed by atoms with E-state index >= 15 is 0 Å². The lowest BCUT2D eigenvalue weighted by atomic mass is 10.00. The minimum atomic E-state index is -0.390. The third kappa shape index (κ3) is 3.08. The zero-order chi connectivity index (χ0) is 18.0. The first kappa shape index (κ1) is 16.6. The van der Waals surface area contributed by atoms with Crippen LogP contribution in [0.25, 0.3) is 22.5 Å². The minimum absolute atomic E-state index is 0.0129. The fraction of sp³-hybridized carbons (Fsp3) is 0.150. The molecular formula is C20H18N2O3. The highest BCUT2D eigenvalue weighted by Gasteiger charge is 2.20. The van der Waals surface area contributed by atoms with Gasteiger partial charge in [-0.05, 0) is 49.2 Å². The van der Waals surface area contributed by atoms with Gasteiger partial charge in [0.05, 0.1) is 18.4 Å². The Morgan fingerprint density at radius 3 is 2.12 bits per heavy atom. The van der Waals surface area contributed by atoms with E-state index in [1.165, 1.54) is 7.11 Å². The van der Waals surface area contributed by atoms with E-state index in [2.05, 4.69) is 9.97 Å². The fourth-order valence-corrected chi connectivity index (χ4v) is 2.95. The molecule has 0 radical (unpaired) electrons. The third-order valence-corrected chi connectivity index (χ3v) is 4.17. The van der Waals surface area contributed by atoms with Gasteiger partial charge >= 0.3 is 5.97 Å². The number of hydrogen-bond donors (Lipinski definition) is 1. The normalized spacial score (nSPS) is 10.5. The topological polar surface area (TPSA) is 72.1 Å². The number of rotatable bonds is 4. The molecule has 0 aliphatic heterocycles. The van der Waals surface area contributed by atoms with E-state index in [-0.39, 0.29) is 5.78 Å². The molecule has 126 valence electrons. The Labute approximate surface area is 145 Å². The molecule has 2 aromatic heterocycles. The maximum atomic E-state index is 12.2. The maximum Gasteiger partial charge on any atom is 0.337 e. The van der Waals surface area contributed by atoms with Crippen LogP contribution in [0.5, 0.6) is 0 Å². The molecule has 0 amide bonds. The zero-order valence-corrected chi connectivity index (χ0v) is 14.3. The average molecular weight is 334 g/mol. The van der Waals surface area contributed by atoms with Crippen molar-refractivity contribution in [3.8, 4) is 22.5 Å². The number of carbonyl (C=O) groups excluding carboxylic acids is 2. The molecule has 1 N–H and O–H groups in total. The molecule has 5 nitrogen and oxygen atoms in total. The number of carbonyl (C=O) groups is 2. The van der Waals surface area contributed by atoms with Crippen molar-refractivity contribution in [2.45, 2.75) is 13.8 Å². The predicted octanol–water partition coefficient (Wildman–Crippen LogP) is 4.04. The summed E-state index contributed by atoms with van der Waals surface area (Å²) in [7, 11) is 1.35. The molecule has 0 spiro atoms. The monoisotopic (exact) mass is 334 g/mol. The number of esters is 1. The van der Waals surface area contributed by atoms with Crippen molar-refractivity contribution in [3.63, 3.8) is 0 Å². The van der Waals surface area contributed by atoms with Crippen molar-refractivity contribution < 1.29 is 14.3 Å². The van der Waals surface area contributed by atoms with Gasteiger partial charge in [-0.3, -0.25) is 9.78 Å². The van der Waals surface area contributed by atoms with Gasteiger partial charge in [0.1, 0.15) is 0 Å². The van der Waals surface area contributed by atoms with Gasteiger partial charge in [-0.1, -0.05) is 12.1 Å². The first-order valence-corrected chi connectivity index (χ1v) is 7.85. The van der Waals surface area contributed by atoms with E-state index in [4.69, 9.17) is 4.74 Å². The van der Waals surface area contributed by atoms with Gasteiger partial charge in [-0.2, -0.15) is 0 Å². The second-order valence-corrected chi connectivity index (χ2v) is 5.74. The summed E-state index contributed by atoms with van der Waals surface area (Å²) in [4.78, 5) is 31.2. The third-order valence-electron chi connectivity index (χ3n) is 4.17. The van der Waals surface area contributed by atoms with Crippen molar-refractivity contribution in [1.82, 2.24) is 9.97 Å². The Hall–Kier alpha value is -3.21. The van der Waals surface area contributed by atoms with Crippen LogP contribution in [0.2, 0.25) is 0 Å². The van der Waals surface area contributed by atoms with Gasteiger partial charge < -0.3 is 9.72 Å². The smallest absolute Gasteiger partial charge is 0.337 e. The second kappa shape index (κ2) is 6.73. The number of nitrogens with one attached hydrogen (secondary N) is 1. The van der Waals surface area contributed by atoms with Gasteiger partial charge in [0.2, 0.25) is 0 Å². The summed E-state index contributed by atoms with van der Waals surface area (Å²) in [5, 5.41) is 0. The molecule has 1 aromatic carbocycles. The van der Waals surface area contributed by atoms with E-state index in [1.54, 1.807) is 43.6 Å². The summed E-state index contributed by atoms with van der Waals surface area (Å²) in [6.07, 6.45) is 3.43. The van der Waals surface area contributed by atoms with Crippen molar-refractivity contribution in [1.29, 1.82) is 0 Å². The SMILES string of the molecule is COC(=O)c1ccc(-c2[nH]c(-c3ccncc3)c(C)c2C(C)=O)cc1. The van der Waals surface area contributed by atoms with Crippen LogP contribution in [-0.4, -0.2) is 28.8 Å². The highest BCUT2D eigenvalue weighted by molar-refractivity contribution is 6.03. The summed E-state index contributed by atoms with van der Waals surface area (Å²) < 4.78 is 4.72. The standard InChI is InChI=1S/C20H18N2O3/c1-12-17(13(2)23)19(22-18(12)15-8-10-21-11-9-15)14-4-6-16(7-5-14)20(24)25-3/h4-11,22H,1-3H3. The molecule has 0 fully saturated rings. The highest BCUT2D eigenvalue weighted by atomic mass is 16.5.